The van der Waals surface area contributed by atoms with Crippen LogP contribution in [0.1, 0.15) is 27.7 Å². The third-order valence-electron chi connectivity index (χ3n) is 4.62. The van der Waals surface area contributed by atoms with Gasteiger partial charge in [-0.05, 0) is 37.3 Å². The predicted octanol–water partition coefficient (Wildman–Crippen LogP) is 3.58. The number of rotatable bonds is 6. The van der Waals surface area contributed by atoms with E-state index in [0.717, 1.165) is 5.75 Å². The number of carbonyl (C=O) groups is 1. The summed E-state index contributed by atoms with van der Waals surface area (Å²) in [4.78, 5) is 12.2. The molecule has 0 saturated heterocycles. The van der Waals surface area contributed by atoms with Crippen molar-refractivity contribution in [1.82, 2.24) is 0 Å². The molecule has 2 aliphatic rings. The van der Waals surface area contributed by atoms with Crippen molar-refractivity contribution in [3.8, 4) is 17.2 Å². The number of hydrogen-bond donors (Lipinski definition) is 0. The SMILES string of the molecule is CC(C)=C[C@H]1[C@H](C(=O)OCCOc2ccc3c(c2)OCO3)C1(C)C. The van der Waals surface area contributed by atoms with Gasteiger partial charge in [0.05, 0.1) is 5.92 Å². The highest BCUT2D eigenvalue weighted by molar-refractivity contribution is 5.78. The van der Waals surface area contributed by atoms with Gasteiger partial charge in [0.1, 0.15) is 19.0 Å². The molecule has 1 fully saturated rings. The fourth-order valence-corrected chi connectivity index (χ4v) is 3.16. The molecule has 130 valence electrons. The van der Waals surface area contributed by atoms with E-state index < -0.39 is 0 Å². The van der Waals surface area contributed by atoms with E-state index in [2.05, 4.69) is 33.8 Å². The lowest BCUT2D eigenvalue weighted by molar-refractivity contribution is -0.146. The van der Waals surface area contributed by atoms with E-state index in [1.54, 1.807) is 12.1 Å². The monoisotopic (exact) mass is 332 g/mol. The van der Waals surface area contributed by atoms with Crippen LogP contribution in [-0.4, -0.2) is 26.0 Å². The normalized spacial score (nSPS) is 22.7. The van der Waals surface area contributed by atoms with E-state index >= 15 is 0 Å². The fourth-order valence-electron chi connectivity index (χ4n) is 3.16. The number of benzene rings is 1. The van der Waals surface area contributed by atoms with Crippen molar-refractivity contribution in [2.75, 3.05) is 20.0 Å². The Balaban J connectivity index is 1.44. The summed E-state index contributed by atoms with van der Waals surface area (Å²) in [7, 11) is 0. The molecule has 0 radical (unpaired) electrons. The van der Waals surface area contributed by atoms with Gasteiger partial charge in [0.25, 0.3) is 0 Å². The second-order valence-electron chi connectivity index (χ2n) is 7.10. The standard InChI is InChI=1S/C19H24O5/c1-12(2)9-14-17(19(14,3)4)18(20)22-8-7-21-13-5-6-15-16(10-13)24-11-23-15/h5-6,9-10,14,17H,7-8,11H2,1-4H3/t14-,17+/m0/s1. The van der Waals surface area contributed by atoms with Gasteiger partial charge < -0.3 is 18.9 Å². The third kappa shape index (κ3) is 3.35. The summed E-state index contributed by atoms with van der Waals surface area (Å²) in [5.41, 5.74) is 1.21. The molecule has 0 bridgehead atoms. The molecule has 5 nitrogen and oxygen atoms in total. The number of ether oxygens (including phenoxy) is 4. The number of esters is 1. The minimum atomic E-state index is -0.142. The Morgan fingerprint density at radius 3 is 2.75 bits per heavy atom. The maximum Gasteiger partial charge on any atom is 0.310 e. The maximum absolute atomic E-state index is 12.2. The fraction of sp³-hybridized carbons (Fsp3) is 0.526. The van der Waals surface area contributed by atoms with E-state index in [0.29, 0.717) is 18.1 Å². The molecule has 3 rings (SSSR count). The first-order chi connectivity index (χ1) is 11.4. The van der Waals surface area contributed by atoms with Crippen LogP contribution in [0.25, 0.3) is 0 Å². The Bertz CT molecular complexity index is 658. The van der Waals surface area contributed by atoms with Crippen LogP contribution in [0.5, 0.6) is 17.2 Å². The summed E-state index contributed by atoms with van der Waals surface area (Å²) in [6, 6.07) is 5.39. The van der Waals surface area contributed by atoms with Crippen LogP contribution in [0.15, 0.2) is 29.8 Å². The zero-order valence-electron chi connectivity index (χ0n) is 14.6. The molecule has 0 amide bonds. The molecule has 1 saturated carbocycles. The molecule has 1 aliphatic heterocycles. The summed E-state index contributed by atoms with van der Waals surface area (Å²) < 4.78 is 21.5. The van der Waals surface area contributed by atoms with Crippen molar-refractivity contribution in [2.45, 2.75) is 27.7 Å². The molecule has 2 atom stereocenters. The van der Waals surface area contributed by atoms with Crippen LogP contribution in [0.2, 0.25) is 0 Å². The number of hydrogen-bond acceptors (Lipinski definition) is 5. The van der Waals surface area contributed by atoms with Crippen LogP contribution >= 0.6 is 0 Å². The number of fused-ring (bicyclic) bond motifs is 1. The molecule has 1 aromatic rings. The summed E-state index contributed by atoms with van der Waals surface area (Å²) in [5.74, 6) is 2.13. The minimum absolute atomic E-state index is 0.0213. The first-order valence-corrected chi connectivity index (χ1v) is 8.23. The Morgan fingerprint density at radius 2 is 2.00 bits per heavy atom. The maximum atomic E-state index is 12.2. The number of carbonyl (C=O) groups excluding carboxylic acids is 1. The molecule has 24 heavy (non-hydrogen) atoms. The first-order valence-electron chi connectivity index (χ1n) is 8.23. The third-order valence-corrected chi connectivity index (χ3v) is 4.62. The van der Waals surface area contributed by atoms with Crippen molar-refractivity contribution in [3.05, 3.63) is 29.8 Å². The van der Waals surface area contributed by atoms with Crippen LogP contribution in [0.4, 0.5) is 0 Å². The summed E-state index contributed by atoms with van der Waals surface area (Å²) in [6.07, 6.45) is 2.16. The van der Waals surface area contributed by atoms with Gasteiger partial charge >= 0.3 is 5.97 Å². The van der Waals surface area contributed by atoms with Gasteiger partial charge in [-0.1, -0.05) is 25.5 Å². The zero-order valence-corrected chi connectivity index (χ0v) is 14.6. The molecule has 0 unspecified atom stereocenters. The molecule has 0 spiro atoms. The van der Waals surface area contributed by atoms with E-state index in [-0.39, 0.29) is 36.6 Å². The van der Waals surface area contributed by atoms with Crippen molar-refractivity contribution < 1.29 is 23.7 Å². The van der Waals surface area contributed by atoms with Gasteiger partial charge in [-0.15, -0.1) is 0 Å². The van der Waals surface area contributed by atoms with E-state index in [1.807, 2.05) is 6.07 Å². The highest BCUT2D eigenvalue weighted by atomic mass is 16.7. The molecule has 1 heterocycles. The molecular formula is C19H24O5. The summed E-state index contributed by atoms with van der Waals surface area (Å²) in [6.45, 7) is 9.10. The molecule has 1 aliphatic carbocycles. The quantitative estimate of drug-likeness (QED) is 0.453. The number of allylic oxidation sites excluding steroid dienone is 2. The largest absolute Gasteiger partial charge is 0.490 e. The van der Waals surface area contributed by atoms with Crippen LogP contribution < -0.4 is 14.2 Å². The van der Waals surface area contributed by atoms with Gasteiger partial charge in [-0.25, -0.2) is 0 Å². The zero-order chi connectivity index (χ0) is 17.3. The second kappa shape index (κ2) is 6.38. The average Bonchev–Trinajstić information content (AvgIpc) is 2.87. The average molecular weight is 332 g/mol. The van der Waals surface area contributed by atoms with Gasteiger partial charge in [0.2, 0.25) is 6.79 Å². The van der Waals surface area contributed by atoms with Gasteiger partial charge in [-0.3, -0.25) is 4.79 Å². The van der Waals surface area contributed by atoms with Crippen molar-refractivity contribution in [1.29, 1.82) is 0 Å². The minimum Gasteiger partial charge on any atom is -0.490 e. The van der Waals surface area contributed by atoms with Gasteiger partial charge in [0, 0.05) is 6.07 Å². The Morgan fingerprint density at radius 1 is 1.25 bits per heavy atom. The molecular weight excluding hydrogens is 308 g/mol. The van der Waals surface area contributed by atoms with Crippen molar-refractivity contribution in [3.63, 3.8) is 0 Å². The molecule has 0 aromatic heterocycles. The molecule has 5 heteroatoms. The van der Waals surface area contributed by atoms with Gasteiger partial charge in [-0.2, -0.15) is 0 Å². The van der Waals surface area contributed by atoms with E-state index in [4.69, 9.17) is 18.9 Å². The van der Waals surface area contributed by atoms with E-state index in [1.165, 1.54) is 5.57 Å². The second-order valence-corrected chi connectivity index (χ2v) is 7.10. The smallest absolute Gasteiger partial charge is 0.310 e. The lowest BCUT2D eigenvalue weighted by Crippen LogP contribution is -2.15. The van der Waals surface area contributed by atoms with Gasteiger partial charge in [0.15, 0.2) is 11.5 Å². The molecule has 1 aromatic carbocycles. The summed E-state index contributed by atoms with van der Waals surface area (Å²) >= 11 is 0. The predicted molar refractivity (Wildman–Crippen MR) is 89.2 cm³/mol. The van der Waals surface area contributed by atoms with Crippen LogP contribution in [0, 0.1) is 17.3 Å². The highest BCUT2D eigenvalue weighted by Crippen LogP contribution is 2.59. The molecule has 0 N–H and O–H groups in total. The Labute approximate surface area is 142 Å². The Kier molecular flexibility index (Phi) is 4.43. The van der Waals surface area contributed by atoms with Crippen LogP contribution in [-0.2, 0) is 9.53 Å². The topological polar surface area (TPSA) is 54.0 Å². The van der Waals surface area contributed by atoms with E-state index in [9.17, 15) is 4.79 Å². The summed E-state index contributed by atoms with van der Waals surface area (Å²) in [5, 5.41) is 0. The lowest BCUT2D eigenvalue weighted by Gasteiger charge is -2.08. The Hall–Kier alpha value is -2.17. The highest BCUT2D eigenvalue weighted by Gasteiger charge is 2.61. The lowest BCUT2D eigenvalue weighted by atomic mass is 10.1. The first kappa shape index (κ1) is 16.7. The van der Waals surface area contributed by atoms with Crippen molar-refractivity contribution in [2.24, 2.45) is 17.3 Å². The van der Waals surface area contributed by atoms with Crippen molar-refractivity contribution >= 4 is 5.97 Å². The van der Waals surface area contributed by atoms with Crippen LogP contribution in [0.3, 0.4) is 0 Å².